The van der Waals surface area contributed by atoms with Gasteiger partial charge in [0.15, 0.2) is 11.4 Å². The van der Waals surface area contributed by atoms with E-state index in [1.165, 1.54) is 0 Å². The third-order valence-corrected chi connectivity index (χ3v) is 2.23. The van der Waals surface area contributed by atoms with Crippen LogP contribution in [0.1, 0.15) is 30.8 Å². The van der Waals surface area contributed by atoms with E-state index < -0.39 is 0 Å². The summed E-state index contributed by atoms with van der Waals surface area (Å²) in [7, 11) is 0. The zero-order valence-electron chi connectivity index (χ0n) is 10.1. The molecule has 1 aromatic heterocycles. The van der Waals surface area contributed by atoms with Gasteiger partial charge < -0.3 is 15.2 Å². The Labute approximate surface area is 101 Å². The summed E-state index contributed by atoms with van der Waals surface area (Å²) in [6, 6.07) is 3.34. The van der Waals surface area contributed by atoms with Crippen molar-refractivity contribution in [2.45, 2.75) is 26.3 Å². The molecule has 1 heterocycles. The van der Waals surface area contributed by atoms with E-state index in [1.807, 2.05) is 13.8 Å². The van der Waals surface area contributed by atoms with Crippen molar-refractivity contribution in [2.24, 2.45) is 0 Å². The summed E-state index contributed by atoms with van der Waals surface area (Å²) in [5.74, 6) is 0.193. The smallest absolute Gasteiger partial charge is 0.273 e. The fourth-order valence-corrected chi connectivity index (χ4v) is 1.39. The van der Waals surface area contributed by atoms with Gasteiger partial charge in [-0.25, -0.2) is 4.98 Å². The van der Waals surface area contributed by atoms with Crippen LogP contribution in [-0.4, -0.2) is 35.3 Å². The van der Waals surface area contributed by atoms with Crippen molar-refractivity contribution in [3.05, 3.63) is 24.0 Å². The topological polar surface area (TPSA) is 71.5 Å². The van der Waals surface area contributed by atoms with Crippen molar-refractivity contribution >= 4 is 5.91 Å². The standard InChI is InChI=1S/C12H18N2O3/c1-3-17-10-5-4-7-13-11(10)12(16)14-9(2)6-8-15/h4-5,7,9,15H,3,6,8H2,1-2H3,(H,14,16). The van der Waals surface area contributed by atoms with E-state index in [0.29, 0.717) is 18.8 Å². The van der Waals surface area contributed by atoms with E-state index in [9.17, 15) is 4.79 Å². The molecule has 0 aliphatic carbocycles. The number of hydrogen-bond donors (Lipinski definition) is 2. The van der Waals surface area contributed by atoms with Gasteiger partial charge in [0.2, 0.25) is 0 Å². The summed E-state index contributed by atoms with van der Waals surface area (Å²) in [5, 5.41) is 11.5. The molecule has 0 bridgehead atoms. The van der Waals surface area contributed by atoms with Gasteiger partial charge in [-0.05, 0) is 32.4 Å². The van der Waals surface area contributed by atoms with Crippen molar-refractivity contribution in [1.29, 1.82) is 0 Å². The highest BCUT2D eigenvalue weighted by molar-refractivity contribution is 5.95. The second kappa shape index (κ2) is 6.85. The number of aromatic nitrogens is 1. The van der Waals surface area contributed by atoms with Crippen LogP contribution in [-0.2, 0) is 0 Å². The van der Waals surface area contributed by atoms with E-state index in [0.717, 1.165) is 0 Å². The van der Waals surface area contributed by atoms with Gasteiger partial charge in [-0.2, -0.15) is 0 Å². The fourth-order valence-electron chi connectivity index (χ4n) is 1.39. The van der Waals surface area contributed by atoms with Crippen LogP contribution in [0.5, 0.6) is 5.75 Å². The van der Waals surface area contributed by atoms with E-state index >= 15 is 0 Å². The zero-order valence-corrected chi connectivity index (χ0v) is 10.1. The van der Waals surface area contributed by atoms with Crippen LogP contribution >= 0.6 is 0 Å². The molecule has 0 saturated carbocycles. The average Bonchev–Trinajstić information content (AvgIpc) is 2.30. The summed E-state index contributed by atoms with van der Waals surface area (Å²) in [6.07, 6.45) is 2.07. The molecule has 1 unspecified atom stereocenters. The highest BCUT2D eigenvalue weighted by atomic mass is 16.5. The van der Waals surface area contributed by atoms with Gasteiger partial charge in [-0.15, -0.1) is 0 Å². The molecule has 0 saturated heterocycles. The van der Waals surface area contributed by atoms with Crippen LogP contribution in [0.4, 0.5) is 0 Å². The molecule has 17 heavy (non-hydrogen) atoms. The maximum atomic E-state index is 11.9. The second-order valence-corrected chi connectivity index (χ2v) is 3.67. The van der Waals surface area contributed by atoms with E-state index in [-0.39, 0.29) is 24.2 Å². The number of hydrogen-bond acceptors (Lipinski definition) is 4. The molecule has 0 aliphatic rings. The number of carbonyl (C=O) groups excluding carboxylic acids is 1. The molecular weight excluding hydrogens is 220 g/mol. The largest absolute Gasteiger partial charge is 0.491 e. The lowest BCUT2D eigenvalue weighted by Gasteiger charge is -2.13. The fraction of sp³-hybridized carbons (Fsp3) is 0.500. The monoisotopic (exact) mass is 238 g/mol. The Morgan fingerprint density at radius 2 is 2.41 bits per heavy atom. The van der Waals surface area contributed by atoms with Gasteiger partial charge in [-0.1, -0.05) is 0 Å². The molecule has 1 aromatic rings. The number of nitrogens with one attached hydrogen (secondary N) is 1. The summed E-state index contributed by atoms with van der Waals surface area (Å²) in [4.78, 5) is 15.9. The van der Waals surface area contributed by atoms with Crippen LogP contribution < -0.4 is 10.1 Å². The molecule has 1 amide bonds. The quantitative estimate of drug-likeness (QED) is 0.775. The molecule has 1 atom stereocenters. The summed E-state index contributed by atoms with van der Waals surface area (Å²) in [5.41, 5.74) is 0.277. The third kappa shape index (κ3) is 4.03. The van der Waals surface area contributed by atoms with Crippen molar-refractivity contribution < 1.29 is 14.6 Å². The summed E-state index contributed by atoms with van der Waals surface area (Å²) in [6.45, 7) is 4.21. The molecule has 0 spiro atoms. The van der Waals surface area contributed by atoms with Crippen LogP contribution in [0.3, 0.4) is 0 Å². The molecule has 5 heteroatoms. The Bertz CT molecular complexity index is 369. The van der Waals surface area contributed by atoms with Gasteiger partial charge in [0.1, 0.15) is 0 Å². The Morgan fingerprint density at radius 1 is 1.65 bits per heavy atom. The summed E-state index contributed by atoms with van der Waals surface area (Å²) < 4.78 is 5.33. The number of aliphatic hydroxyl groups excluding tert-OH is 1. The average molecular weight is 238 g/mol. The number of aliphatic hydroxyl groups is 1. The number of nitrogens with zero attached hydrogens (tertiary/aromatic N) is 1. The Hall–Kier alpha value is -1.62. The first-order chi connectivity index (χ1) is 8.19. The predicted octanol–water partition coefficient (Wildman–Crippen LogP) is 0.981. The molecule has 0 aliphatic heterocycles. The number of amides is 1. The minimum absolute atomic E-state index is 0.0436. The number of pyridine rings is 1. The molecule has 2 N–H and O–H groups in total. The molecule has 5 nitrogen and oxygen atoms in total. The highest BCUT2D eigenvalue weighted by Crippen LogP contribution is 2.15. The van der Waals surface area contributed by atoms with Crippen LogP contribution in [0.15, 0.2) is 18.3 Å². The number of ether oxygens (including phenoxy) is 1. The normalized spacial score (nSPS) is 11.9. The van der Waals surface area contributed by atoms with E-state index in [4.69, 9.17) is 9.84 Å². The minimum Gasteiger partial charge on any atom is -0.491 e. The lowest BCUT2D eigenvalue weighted by atomic mass is 10.2. The van der Waals surface area contributed by atoms with Gasteiger partial charge >= 0.3 is 0 Å². The van der Waals surface area contributed by atoms with Crippen LogP contribution in [0.2, 0.25) is 0 Å². The minimum atomic E-state index is -0.282. The van der Waals surface area contributed by atoms with Gasteiger partial charge in [0.25, 0.3) is 5.91 Å². The van der Waals surface area contributed by atoms with Crippen molar-refractivity contribution in [2.75, 3.05) is 13.2 Å². The van der Waals surface area contributed by atoms with Gasteiger partial charge in [0, 0.05) is 18.8 Å². The second-order valence-electron chi connectivity index (χ2n) is 3.67. The zero-order chi connectivity index (χ0) is 12.7. The van der Waals surface area contributed by atoms with Crippen molar-refractivity contribution in [1.82, 2.24) is 10.3 Å². The summed E-state index contributed by atoms with van der Waals surface area (Å²) >= 11 is 0. The van der Waals surface area contributed by atoms with Gasteiger partial charge in [-0.3, -0.25) is 4.79 Å². The molecule has 0 radical (unpaired) electrons. The highest BCUT2D eigenvalue weighted by Gasteiger charge is 2.15. The molecule has 0 aromatic carbocycles. The third-order valence-electron chi connectivity index (χ3n) is 2.23. The first-order valence-electron chi connectivity index (χ1n) is 5.68. The Morgan fingerprint density at radius 3 is 3.06 bits per heavy atom. The predicted molar refractivity (Wildman–Crippen MR) is 64.0 cm³/mol. The first kappa shape index (κ1) is 13.4. The Balaban J connectivity index is 2.74. The van der Waals surface area contributed by atoms with E-state index in [2.05, 4.69) is 10.3 Å². The van der Waals surface area contributed by atoms with Crippen molar-refractivity contribution in [3.63, 3.8) is 0 Å². The Kier molecular flexibility index (Phi) is 5.42. The molecular formula is C12H18N2O3. The maximum Gasteiger partial charge on any atom is 0.273 e. The first-order valence-corrected chi connectivity index (χ1v) is 5.68. The molecule has 1 rings (SSSR count). The lowest BCUT2D eigenvalue weighted by molar-refractivity contribution is 0.0925. The van der Waals surface area contributed by atoms with Crippen LogP contribution in [0, 0.1) is 0 Å². The lowest BCUT2D eigenvalue weighted by Crippen LogP contribution is -2.34. The number of carbonyl (C=O) groups is 1. The molecule has 0 fully saturated rings. The van der Waals surface area contributed by atoms with Crippen molar-refractivity contribution in [3.8, 4) is 5.75 Å². The maximum absolute atomic E-state index is 11.9. The van der Waals surface area contributed by atoms with E-state index in [1.54, 1.807) is 18.3 Å². The molecule has 94 valence electrons. The SMILES string of the molecule is CCOc1cccnc1C(=O)NC(C)CCO. The van der Waals surface area contributed by atoms with Crippen LogP contribution in [0.25, 0.3) is 0 Å². The van der Waals surface area contributed by atoms with Gasteiger partial charge in [0.05, 0.1) is 6.61 Å². The number of rotatable bonds is 6.